The molecule has 0 bridgehead atoms. The number of halogens is 5. The van der Waals surface area contributed by atoms with E-state index in [1.54, 1.807) is 36.4 Å². The predicted octanol–water partition coefficient (Wildman–Crippen LogP) is 7.97. The van der Waals surface area contributed by atoms with Crippen LogP contribution in [0.3, 0.4) is 0 Å². The lowest BCUT2D eigenvalue weighted by Crippen LogP contribution is -2.19. The molecule has 0 unspecified atom stereocenters. The average Bonchev–Trinajstić information content (AvgIpc) is 3.09. The van der Waals surface area contributed by atoms with Crippen LogP contribution in [0.5, 0.6) is 5.75 Å². The Morgan fingerprint density at radius 1 is 1.18 bits per heavy atom. The topological polar surface area (TPSA) is 50.7 Å². The van der Waals surface area contributed by atoms with E-state index in [1.807, 2.05) is 12.1 Å². The van der Waals surface area contributed by atoms with Crippen LogP contribution in [0.15, 0.2) is 69.0 Å². The molecular formula is C23H13BrCl2FIN2O2S. The van der Waals surface area contributed by atoms with Gasteiger partial charge in [0.2, 0.25) is 0 Å². The molecule has 168 valence electrons. The molecule has 0 aliphatic carbocycles. The lowest BCUT2D eigenvalue weighted by molar-refractivity contribution is -0.115. The first-order chi connectivity index (χ1) is 15.8. The van der Waals surface area contributed by atoms with Crippen molar-refractivity contribution in [2.24, 2.45) is 4.99 Å². The second-order valence-electron chi connectivity index (χ2n) is 6.79. The highest BCUT2D eigenvalue weighted by Gasteiger charge is 2.24. The number of aliphatic imine (C=N–C) groups is 1. The maximum Gasteiger partial charge on any atom is 0.264 e. The van der Waals surface area contributed by atoms with Gasteiger partial charge in [0.05, 0.1) is 28.7 Å². The Labute approximate surface area is 225 Å². The van der Waals surface area contributed by atoms with Gasteiger partial charge in [-0.1, -0.05) is 41.4 Å². The number of thioether (sulfide) groups is 1. The van der Waals surface area contributed by atoms with Crippen LogP contribution in [-0.4, -0.2) is 11.1 Å². The first-order valence-electron chi connectivity index (χ1n) is 9.40. The van der Waals surface area contributed by atoms with Gasteiger partial charge in [-0.05, 0) is 104 Å². The molecule has 1 aliphatic heterocycles. The van der Waals surface area contributed by atoms with E-state index in [0.717, 1.165) is 19.2 Å². The molecule has 1 fully saturated rings. The highest BCUT2D eigenvalue weighted by atomic mass is 127. The summed E-state index contributed by atoms with van der Waals surface area (Å²) in [5.74, 6) is 0.0811. The molecule has 10 heteroatoms. The van der Waals surface area contributed by atoms with Crippen molar-refractivity contribution in [1.82, 2.24) is 5.32 Å². The van der Waals surface area contributed by atoms with Gasteiger partial charge in [0, 0.05) is 0 Å². The molecule has 1 heterocycles. The minimum absolute atomic E-state index is 0.233. The van der Waals surface area contributed by atoms with Crippen LogP contribution in [0, 0.1) is 9.39 Å². The van der Waals surface area contributed by atoms with Gasteiger partial charge in [-0.3, -0.25) is 4.79 Å². The molecule has 1 saturated heterocycles. The molecule has 0 saturated carbocycles. The van der Waals surface area contributed by atoms with Gasteiger partial charge in [0.15, 0.2) is 5.17 Å². The number of amidine groups is 1. The Morgan fingerprint density at radius 2 is 1.97 bits per heavy atom. The lowest BCUT2D eigenvalue weighted by Gasteiger charge is -2.12. The Balaban J connectivity index is 1.52. The fourth-order valence-electron chi connectivity index (χ4n) is 2.90. The van der Waals surface area contributed by atoms with Gasteiger partial charge in [0.25, 0.3) is 5.91 Å². The smallest absolute Gasteiger partial charge is 0.264 e. The monoisotopic (exact) mass is 676 g/mol. The normalized spacial score (nSPS) is 15.8. The van der Waals surface area contributed by atoms with Crippen molar-refractivity contribution < 1.29 is 13.9 Å². The second kappa shape index (κ2) is 10.8. The molecule has 0 spiro atoms. The van der Waals surface area contributed by atoms with Gasteiger partial charge in [0.1, 0.15) is 18.2 Å². The maximum absolute atomic E-state index is 13.4. The number of nitrogens with zero attached hydrogens (tertiary/aromatic N) is 1. The predicted molar refractivity (Wildman–Crippen MR) is 145 cm³/mol. The zero-order valence-electron chi connectivity index (χ0n) is 16.5. The van der Waals surface area contributed by atoms with Gasteiger partial charge >= 0.3 is 0 Å². The summed E-state index contributed by atoms with van der Waals surface area (Å²) in [5, 5.41) is 3.87. The summed E-state index contributed by atoms with van der Waals surface area (Å²) >= 11 is 19.1. The minimum atomic E-state index is -0.306. The van der Waals surface area contributed by atoms with E-state index in [4.69, 9.17) is 27.9 Å². The minimum Gasteiger partial charge on any atom is -0.487 e. The van der Waals surface area contributed by atoms with E-state index >= 15 is 0 Å². The quantitative estimate of drug-likeness (QED) is 0.220. The fourth-order valence-corrected chi connectivity index (χ4v) is 5.84. The Hall–Kier alpha value is -1.59. The molecule has 1 aliphatic rings. The van der Waals surface area contributed by atoms with E-state index in [1.165, 1.54) is 23.9 Å². The molecule has 0 radical (unpaired) electrons. The number of rotatable bonds is 5. The summed E-state index contributed by atoms with van der Waals surface area (Å²) in [5.41, 5.74) is 2.02. The highest BCUT2D eigenvalue weighted by molar-refractivity contribution is 14.1. The van der Waals surface area contributed by atoms with Crippen LogP contribution < -0.4 is 10.1 Å². The first kappa shape index (κ1) is 24.5. The molecule has 33 heavy (non-hydrogen) atoms. The van der Waals surface area contributed by atoms with E-state index < -0.39 is 0 Å². The van der Waals surface area contributed by atoms with Crippen LogP contribution in [-0.2, 0) is 11.4 Å². The SMILES string of the molecule is O=C1NC(=Nc2cccc(Cl)c2Cl)S/C1=C\c1cc(Br)c(OCc2cccc(F)c2)c(I)c1. The largest absolute Gasteiger partial charge is 0.487 e. The van der Waals surface area contributed by atoms with Gasteiger partial charge in [-0.25, -0.2) is 9.38 Å². The van der Waals surface area contributed by atoms with Crippen LogP contribution in [0.25, 0.3) is 6.08 Å². The molecule has 3 aromatic carbocycles. The number of carbonyl (C=O) groups excluding carboxylic acids is 1. The highest BCUT2D eigenvalue weighted by Crippen LogP contribution is 2.36. The molecule has 1 amide bonds. The van der Waals surface area contributed by atoms with Crippen LogP contribution in [0.2, 0.25) is 10.0 Å². The van der Waals surface area contributed by atoms with Gasteiger partial charge in [-0.15, -0.1) is 0 Å². The number of amides is 1. The van der Waals surface area contributed by atoms with Crippen molar-refractivity contribution in [3.05, 3.63) is 94.5 Å². The Kier molecular flexibility index (Phi) is 8.01. The zero-order chi connectivity index (χ0) is 23.5. The summed E-state index contributed by atoms with van der Waals surface area (Å²) in [6.45, 7) is 0.233. The van der Waals surface area contributed by atoms with Crippen molar-refractivity contribution in [2.45, 2.75) is 6.61 Å². The molecule has 4 rings (SSSR count). The third kappa shape index (κ3) is 6.10. The summed E-state index contributed by atoms with van der Waals surface area (Å²) in [7, 11) is 0. The number of benzene rings is 3. The number of hydrogen-bond donors (Lipinski definition) is 1. The average molecular weight is 678 g/mol. The molecule has 3 aromatic rings. The van der Waals surface area contributed by atoms with E-state index in [2.05, 4.69) is 48.8 Å². The summed E-state index contributed by atoms with van der Waals surface area (Å²) in [6, 6.07) is 15.2. The molecular weight excluding hydrogens is 665 g/mol. The third-order valence-electron chi connectivity index (χ3n) is 4.39. The number of ether oxygens (including phenoxy) is 1. The summed E-state index contributed by atoms with van der Waals surface area (Å²) in [6.07, 6.45) is 1.77. The number of carbonyl (C=O) groups is 1. The molecule has 0 aromatic heterocycles. The van der Waals surface area contributed by atoms with Crippen LogP contribution >= 0.6 is 73.5 Å². The molecule has 4 nitrogen and oxygen atoms in total. The molecule has 1 N–H and O–H groups in total. The Morgan fingerprint density at radius 3 is 2.73 bits per heavy atom. The van der Waals surface area contributed by atoms with Gasteiger partial charge < -0.3 is 10.1 Å². The first-order valence-corrected chi connectivity index (χ1v) is 12.8. The zero-order valence-corrected chi connectivity index (χ0v) is 22.6. The van der Waals surface area contributed by atoms with Crippen molar-refractivity contribution in [1.29, 1.82) is 0 Å². The van der Waals surface area contributed by atoms with Crippen molar-refractivity contribution in [3.63, 3.8) is 0 Å². The summed E-state index contributed by atoms with van der Waals surface area (Å²) < 4.78 is 20.8. The maximum atomic E-state index is 13.4. The van der Waals surface area contributed by atoms with E-state index in [-0.39, 0.29) is 18.3 Å². The van der Waals surface area contributed by atoms with E-state index in [9.17, 15) is 9.18 Å². The van der Waals surface area contributed by atoms with Crippen LogP contribution in [0.1, 0.15) is 11.1 Å². The van der Waals surface area contributed by atoms with E-state index in [0.29, 0.717) is 31.6 Å². The third-order valence-corrected chi connectivity index (χ3v) is 7.50. The number of hydrogen-bond acceptors (Lipinski definition) is 4. The van der Waals surface area contributed by atoms with Crippen molar-refractivity contribution in [2.75, 3.05) is 0 Å². The van der Waals surface area contributed by atoms with Crippen LogP contribution in [0.4, 0.5) is 10.1 Å². The Bertz CT molecular complexity index is 1300. The lowest BCUT2D eigenvalue weighted by atomic mass is 10.2. The second-order valence-corrected chi connectivity index (χ2v) is 10.6. The molecule has 0 atom stereocenters. The van der Waals surface area contributed by atoms with Crippen molar-refractivity contribution >= 4 is 96.3 Å². The van der Waals surface area contributed by atoms with Crippen molar-refractivity contribution in [3.8, 4) is 5.75 Å². The van der Waals surface area contributed by atoms with Gasteiger partial charge in [-0.2, -0.15) is 0 Å². The summed E-state index contributed by atoms with van der Waals surface area (Å²) in [4.78, 5) is 17.3. The standard InChI is InChI=1S/C23H13BrCl2FIN2O2S/c24-15-8-13(9-17(28)21(15)32-11-12-3-1-4-14(27)7-12)10-19-22(31)30-23(33-19)29-18-6-2-5-16(25)20(18)26/h1-10H,11H2,(H,29,30,31)/b19-10-. The number of nitrogens with one attached hydrogen (secondary N) is 1. The fraction of sp³-hybridized carbons (Fsp3) is 0.0435.